The van der Waals surface area contributed by atoms with E-state index in [9.17, 15) is 4.79 Å². The number of hydrogen-bond donors (Lipinski definition) is 0. The van der Waals surface area contributed by atoms with Crippen molar-refractivity contribution in [2.45, 2.75) is 31.7 Å². The van der Waals surface area contributed by atoms with E-state index in [4.69, 9.17) is 11.6 Å². The molecule has 0 aliphatic heterocycles. The van der Waals surface area contributed by atoms with E-state index in [0.717, 1.165) is 12.8 Å². The van der Waals surface area contributed by atoms with Crippen molar-refractivity contribution in [2.24, 2.45) is 11.8 Å². The van der Waals surface area contributed by atoms with Crippen LogP contribution >= 0.6 is 11.6 Å². The highest BCUT2D eigenvalue weighted by Gasteiger charge is 2.57. The Balaban J connectivity index is 1.79. The maximum Gasteiger partial charge on any atom is 0.226 e. The molecule has 0 N–H and O–H groups in total. The fourth-order valence-electron chi connectivity index (χ4n) is 3.46. The summed E-state index contributed by atoms with van der Waals surface area (Å²) in [5.74, 6) is 2.00. The monoisotopic (exact) mass is 277 g/mol. The van der Waals surface area contributed by atoms with Crippen molar-refractivity contribution in [3.8, 4) is 0 Å². The predicted molar refractivity (Wildman–Crippen MR) is 77.4 cm³/mol. The average molecular weight is 278 g/mol. The Morgan fingerprint density at radius 1 is 1.47 bits per heavy atom. The van der Waals surface area contributed by atoms with E-state index in [2.05, 4.69) is 24.3 Å². The van der Waals surface area contributed by atoms with Gasteiger partial charge in [-0.3, -0.25) is 4.79 Å². The van der Waals surface area contributed by atoms with Crippen LogP contribution in [0.2, 0.25) is 0 Å². The third-order valence-corrected chi connectivity index (χ3v) is 5.29. The molecule has 2 nitrogen and oxygen atoms in total. The lowest BCUT2D eigenvalue weighted by Crippen LogP contribution is -2.37. The second-order valence-corrected chi connectivity index (χ2v) is 6.21. The summed E-state index contributed by atoms with van der Waals surface area (Å²) in [6.45, 7) is 2.00. The van der Waals surface area contributed by atoms with E-state index in [1.807, 2.05) is 18.9 Å². The van der Waals surface area contributed by atoms with Crippen molar-refractivity contribution < 1.29 is 4.79 Å². The molecule has 3 rings (SSSR count). The van der Waals surface area contributed by atoms with Gasteiger partial charge in [-0.25, -0.2) is 0 Å². The van der Waals surface area contributed by atoms with Gasteiger partial charge in [0.15, 0.2) is 0 Å². The minimum absolute atomic E-state index is 0.118. The summed E-state index contributed by atoms with van der Waals surface area (Å²) in [6, 6.07) is 8.71. The van der Waals surface area contributed by atoms with Crippen LogP contribution in [0.3, 0.4) is 0 Å². The van der Waals surface area contributed by atoms with Crippen molar-refractivity contribution >= 4 is 17.5 Å². The van der Waals surface area contributed by atoms with Crippen molar-refractivity contribution in [1.29, 1.82) is 0 Å². The van der Waals surface area contributed by atoms with Crippen LogP contribution in [0.5, 0.6) is 0 Å². The molecule has 3 heteroatoms. The molecule has 19 heavy (non-hydrogen) atoms. The summed E-state index contributed by atoms with van der Waals surface area (Å²) in [5.41, 5.74) is 2.84. The summed E-state index contributed by atoms with van der Waals surface area (Å²) in [4.78, 5) is 14.4. The number of amides is 1. The van der Waals surface area contributed by atoms with Crippen molar-refractivity contribution in [2.75, 3.05) is 12.9 Å². The topological polar surface area (TPSA) is 20.3 Å². The Morgan fingerprint density at radius 2 is 2.21 bits per heavy atom. The third-order valence-electron chi connectivity index (χ3n) is 4.85. The van der Waals surface area contributed by atoms with Gasteiger partial charge in [-0.15, -0.1) is 11.6 Å². The molecule has 0 aromatic heterocycles. The van der Waals surface area contributed by atoms with Gasteiger partial charge in [0.2, 0.25) is 5.91 Å². The van der Waals surface area contributed by atoms with E-state index < -0.39 is 0 Å². The smallest absolute Gasteiger partial charge is 0.226 e. The normalized spacial score (nSPS) is 29.1. The molecule has 1 saturated carbocycles. The van der Waals surface area contributed by atoms with Crippen LogP contribution < -0.4 is 0 Å². The van der Waals surface area contributed by atoms with Gasteiger partial charge in [0.1, 0.15) is 0 Å². The van der Waals surface area contributed by atoms with Gasteiger partial charge in [-0.2, -0.15) is 0 Å². The van der Waals surface area contributed by atoms with E-state index in [1.165, 1.54) is 11.1 Å². The van der Waals surface area contributed by atoms with Gasteiger partial charge in [0, 0.05) is 24.9 Å². The SMILES string of the molecule is CC(CCl)N(C)C(=O)C1C2CCc3ccccc3C21. The van der Waals surface area contributed by atoms with Crippen LogP contribution in [0.25, 0.3) is 0 Å². The van der Waals surface area contributed by atoms with Crippen LogP contribution in [0.15, 0.2) is 24.3 Å². The van der Waals surface area contributed by atoms with Gasteiger partial charge < -0.3 is 4.90 Å². The second-order valence-electron chi connectivity index (χ2n) is 5.91. The molecule has 4 atom stereocenters. The number of benzene rings is 1. The molecule has 1 aromatic rings. The Labute approximate surface area is 119 Å². The van der Waals surface area contributed by atoms with Crippen molar-refractivity contribution in [3.05, 3.63) is 35.4 Å². The maximum atomic E-state index is 12.5. The highest BCUT2D eigenvalue weighted by atomic mass is 35.5. The number of aryl methyl sites for hydroxylation is 1. The molecule has 0 bridgehead atoms. The minimum atomic E-state index is 0.118. The molecule has 2 aliphatic carbocycles. The Kier molecular flexibility index (Phi) is 3.30. The van der Waals surface area contributed by atoms with Crippen LogP contribution in [0.1, 0.15) is 30.4 Å². The first-order chi connectivity index (χ1) is 9.15. The number of halogens is 1. The van der Waals surface area contributed by atoms with Crippen LogP contribution in [0.4, 0.5) is 0 Å². The maximum absolute atomic E-state index is 12.5. The lowest BCUT2D eigenvalue weighted by atomic mass is 9.92. The van der Waals surface area contributed by atoms with E-state index in [0.29, 0.717) is 17.7 Å². The zero-order valence-electron chi connectivity index (χ0n) is 11.5. The second kappa shape index (κ2) is 4.82. The fourth-order valence-corrected chi connectivity index (χ4v) is 3.67. The number of rotatable bonds is 3. The zero-order valence-corrected chi connectivity index (χ0v) is 12.2. The molecule has 4 unspecified atom stereocenters. The molecule has 0 heterocycles. The first-order valence-corrected chi connectivity index (χ1v) is 7.59. The molecule has 102 valence electrons. The fraction of sp³-hybridized carbons (Fsp3) is 0.562. The number of nitrogens with zero attached hydrogens (tertiary/aromatic N) is 1. The molecule has 1 amide bonds. The molecule has 0 spiro atoms. The van der Waals surface area contributed by atoms with Crippen LogP contribution in [-0.2, 0) is 11.2 Å². The molecule has 0 saturated heterocycles. The van der Waals surface area contributed by atoms with Gasteiger partial charge in [0.25, 0.3) is 0 Å². The molecule has 0 radical (unpaired) electrons. The molecular formula is C16H20ClNO. The summed E-state index contributed by atoms with van der Waals surface area (Å²) in [5, 5.41) is 0. The van der Waals surface area contributed by atoms with E-state index >= 15 is 0 Å². The summed E-state index contributed by atoms with van der Waals surface area (Å²) >= 11 is 5.86. The number of fused-ring (bicyclic) bond motifs is 3. The van der Waals surface area contributed by atoms with Gasteiger partial charge in [-0.05, 0) is 42.7 Å². The molecule has 1 fully saturated rings. The first kappa shape index (κ1) is 13.0. The van der Waals surface area contributed by atoms with Gasteiger partial charge in [0.05, 0.1) is 0 Å². The standard InChI is InChI=1S/C16H20ClNO/c1-10(9-17)18(2)16(19)15-13-8-7-11-5-3-4-6-12(11)14(13)15/h3-6,10,13-15H,7-9H2,1-2H3. The lowest BCUT2D eigenvalue weighted by Gasteiger charge is -2.23. The van der Waals surface area contributed by atoms with Crippen LogP contribution in [0, 0.1) is 11.8 Å². The predicted octanol–water partition coefficient (Wildman–Crippen LogP) is 3.05. The number of hydrogen-bond acceptors (Lipinski definition) is 1. The Morgan fingerprint density at radius 3 is 2.95 bits per heavy atom. The highest BCUT2D eigenvalue weighted by Crippen LogP contribution is 2.60. The Bertz CT molecular complexity index is 501. The van der Waals surface area contributed by atoms with Gasteiger partial charge in [-0.1, -0.05) is 24.3 Å². The van der Waals surface area contributed by atoms with Crippen molar-refractivity contribution in [1.82, 2.24) is 4.90 Å². The third kappa shape index (κ3) is 2.06. The minimum Gasteiger partial charge on any atom is -0.342 e. The van der Waals surface area contributed by atoms with E-state index in [1.54, 1.807) is 0 Å². The van der Waals surface area contributed by atoms with Crippen LogP contribution in [-0.4, -0.2) is 29.8 Å². The molecule has 1 aromatic carbocycles. The van der Waals surface area contributed by atoms with E-state index in [-0.39, 0.29) is 17.9 Å². The average Bonchev–Trinajstić information content (AvgIpc) is 3.19. The summed E-state index contributed by atoms with van der Waals surface area (Å²) < 4.78 is 0. The first-order valence-electron chi connectivity index (χ1n) is 7.05. The van der Waals surface area contributed by atoms with Gasteiger partial charge >= 0.3 is 0 Å². The van der Waals surface area contributed by atoms with Crippen molar-refractivity contribution in [3.63, 3.8) is 0 Å². The number of carbonyl (C=O) groups excluding carboxylic acids is 1. The zero-order chi connectivity index (χ0) is 13.6. The highest BCUT2D eigenvalue weighted by molar-refractivity contribution is 6.18. The molecule has 2 aliphatic rings. The number of carbonyl (C=O) groups is 1. The number of alkyl halides is 1. The Hall–Kier alpha value is -1.02. The summed E-state index contributed by atoms with van der Waals surface area (Å²) in [6.07, 6.45) is 2.27. The quantitative estimate of drug-likeness (QED) is 0.778. The largest absolute Gasteiger partial charge is 0.342 e. The molecular weight excluding hydrogens is 258 g/mol. The summed E-state index contributed by atoms with van der Waals surface area (Å²) in [7, 11) is 1.88. The lowest BCUT2D eigenvalue weighted by molar-refractivity contribution is -0.133.